The third kappa shape index (κ3) is 4.19. The first-order valence-corrected chi connectivity index (χ1v) is 5.03. The number of aryl methyl sites for hydroxylation is 1. The second-order valence-electron chi connectivity index (χ2n) is 3.63. The van der Waals surface area contributed by atoms with Crippen molar-refractivity contribution >= 4 is 0 Å². The van der Waals surface area contributed by atoms with Crippen molar-refractivity contribution in [3.8, 4) is 0 Å². The molecular weight excluding hydrogens is 256 g/mol. The van der Waals surface area contributed by atoms with E-state index in [4.69, 9.17) is 5.11 Å². The van der Waals surface area contributed by atoms with Crippen LogP contribution in [-0.2, 0) is 18.0 Å². The van der Waals surface area contributed by atoms with Gasteiger partial charge in [0.1, 0.15) is 13.2 Å². The lowest BCUT2D eigenvalue weighted by atomic mass is 10.3. The Morgan fingerprint density at radius 1 is 1.39 bits per heavy atom. The lowest BCUT2D eigenvalue weighted by Gasteiger charge is -2.14. The van der Waals surface area contributed by atoms with Gasteiger partial charge in [0.05, 0.1) is 12.3 Å². The Morgan fingerprint density at radius 3 is 2.61 bits per heavy atom. The van der Waals surface area contributed by atoms with Crippen LogP contribution in [0, 0.1) is 6.92 Å². The Bertz CT molecular complexity index is 401. The molecule has 0 unspecified atom stereocenters. The van der Waals surface area contributed by atoms with Crippen molar-refractivity contribution in [1.29, 1.82) is 0 Å². The molecule has 0 radical (unpaired) electrons. The minimum absolute atomic E-state index is 0.0594. The van der Waals surface area contributed by atoms with Gasteiger partial charge in [-0.15, -0.1) is 0 Å². The normalized spacial score (nSPS) is 12.2. The molecule has 0 spiro atoms. The Morgan fingerprint density at radius 2 is 2.06 bits per heavy atom. The number of nitrogens with zero attached hydrogens (tertiary/aromatic N) is 2. The highest BCUT2D eigenvalue weighted by molar-refractivity contribution is 5.08. The van der Waals surface area contributed by atoms with Crippen LogP contribution in [0.5, 0.6) is 0 Å². The van der Waals surface area contributed by atoms with Gasteiger partial charge in [0.25, 0.3) is 0 Å². The molecule has 1 rings (SSSR count). The van der Waals surface area contributed by atoms with Crippen LogP contribution in [0.15, 0.2) is 6.07 Å². The second kappa shape index (κ2) is 6.05. The third-order valence-corrected chi connectivity index (χ3v) is 1.96. The van der Waals surface area contributed by atoms with Gasteiger partial charge < -0.3 is 9.84 Å². The van der Waals surface area contributed by atoms with Gasteiger partial charge >= 0.3 is 12.3 Å². The Labute approximate surface area is 101 Å². The fraction of sp³-hybridized carbons (Fsp3) is 0.600. The van der Waals surface area contributed by atoms with Crippen LogP contribution in [0.2, 0.25) is 0 Å². The van der Waals surface area contributed by atoms with Gasteiger partial charge in [0.15, 0.2) is 5.82 Å². The van der Waals surface area contributed by atoms with Crippen LogP contribution in [-0.4, -0.2) is 34.0 Å². The predicted octanol–water partition coefficient (Wildman–Crippen LogP) is 1.69. The van der Waals surface area contributed by atoms with Gasteiger partial charge in [-0.25, -0.2) is 18.7 Å². The SMILES string of the molecule is Cc1cc(CO)nc(COCC(F)(F)C(F)F)n1. The number of aromatic nitrogens is 2. The van der Waals surface area contributed by atoms with Gasteiger partial charge in [-0.2, -0.15) is 8.78 Å². The fourth-order valence-electron chi connectivity index (χ4n) is 1.19. The smallest absolute Gasteiger partial charge is 0.330 e. The largest absolute Gasteiger partial charge is 0.390 e. The summed E-state index contributed by atoms with van der Waals surface area (Å²) >= 11 is 0. The average Bonchev–Trinajstić information content (AvgIpc) is 2.27. The minimum Gasteiger partial charge on any atom is -0.390 e. The topological polar surface area (TPSA) is 55.2 Å². The zero-order chi connectivity index (χ0) is 13.8. The van der Waals surface area contributed by atoms with Gasteiger partial charge in [-0.3, -0.25) is 0 Å². The zero-order valence-corrected chi connectivity index (χ0v) is 9.54. The number of hydrogen-bond acceptors (Lipinski definition) is 4. The first-order valence-electron chi connectivity index (χ1n) is 5.03. The van der Waals surface area contributed by atoms with E-state index in [1.165, 1.54) is 6.07 Å². The van der Waals surface area contributed by atoms with Crippen molar-refractivity contribution in [3.05, 3.63) is 23.3 Å². The summed E-state index contributed by atoms with van der Waals surface area (Å²) in [5.74, 6) is -4.13. The standard InChI is InChI=1S/C10H12F4N2O2/c1-6-2-7(3-17)16-8(15-6)4-18-5-10(13,14)9(11)12/h2,9,17H,3-5H2,1H3. The van der Waals surface area contributed by atoms with Crippen LogP contribution in [0.25, 0.3) is 0 Å². The van der Waals surface area contributed by atoms with E-state index in [0.29, 0.717) is 11.4 Å². The number of rotatable bonds is 6. The van der Waals surface area contributed by atoms with Crippen LogP contribution >= 0.6 is 0 Å². The van der Waals surface area contributed by atoms with E-state index in [9.17, 15) is 17.6 Å². The molecule has 0 aromatic carbocycles. The number of hydrogen-bond donors (Lipinski definition) is 1. The molecule has 0 bridgehead atoms. The first-order chi connectivity index (χ1) is 8.35. The quantitative estimate of drug-likeness (QED) is 0.798. The molecule has 0 aliphatic heterocycles. The maximum absolute atomic E-state index is 12.5. The molecule has 0 aliphatic carbocycles. The summed E-state index contributed by atoms with van der Waals surface area (Å²) in [6.45, 7) is -0.533. The van der Waals surface area contributed by atoms with Gasteiger partial charge in [-0.1, -0.05) is 0 Å². The Hall–Kier alpha value is -1.28. The Balaban J connectivity index is 2.56. The summed E-state index contributed by atoms with van der Waals surface area (Å²) in [4.78, 5) is 7.66. The minimum atomic E-state index is -4.19. The van der Waals surface area contributed by atoms with E-state index < -0.39 is 25.6 Å². The molecule has 0 atom stereocenters. The molecule has 1 N–H and O–H groups in total. The molecule has 0 fully saturated rings. The fourth-order valence-corrected chi connectivity index (χ4v) is 1.19. The molecule has 0 saturated carbocycles. The van der Waals surface area contributed by atoms with E-state index in [1.54, 1.807) is 6.92 Å². The predicted molar refractivity (Wildman–Crippen MR) is 53.3 cm³/mol. The second-order valence-corrected chi connectivity index (χ2v) is 3.63. The van der Waals surface area contributed by atoms with Crippen molar-refractivity contribution in [1.82, 2.24) is 9.97 Å². The lowest BCUT2D eigenvalue weighted by molar-refractivity contribution is -0.168. The van der Waals surface area contributed by atoms with E-state index in [2.05, 4.69) is 14.7 Å². The third-order valence-electron chi connectivity index (χ3n) is 1.96. The molecule has 0 aliphatic rings. The van der Waals surface area contributed by atoms with E-state index in [1.807, 2.05) is 0 Å². The van der Waals surface area contributed by atoms with Crippen LogP contribution < -0.4 is 0 Å². The van der Waals surface area contributed by atoms with Crippen LogP contribution in [0.4, 0.5) is 17.6 Å². The molecule has 0 saturated heterocycles. The maximum Gasteiger partial charge on any atom is 0.330 e. The molecule has 1 heterocycles. The molecule has 4 nitrogen and oxygen atoms in total. The van der Waals surface area contributed by atoms with Crippen molar-refractivity contribution < 1.29 is 27.4 Å². The maximum atomic E-state index is 12.5. The van der Waals surface area contributed by atoms with Crippen molar-refractivity contribution in [3.63, 3.8) is 0 Å². The molecule has 1 aromatic rings. The average molecular weight is 268 g/mol. The molecule has 18 heavy (non-hydrogen) atoms. The molecule has 1 aromatic heterocycles. The summed E-state index contributed by atoms with van der Waals surface area (Å²) < 4.78 is 53.2. The molecule has 0 amide bonds. The van der Waals surface area contributed by atoms with Crippen LogP contribution in [0.1, 0.15) is 17.2 Å². The molecular formula is C10H12F4N2O2. The number of alkyl halides is 4. The molecule has 8 heteroatoms. The van der Waals surface area contributed by atoms with E-state index >= 15 is 0 Å². The lowest BCUT2D eigenvalue weighted by Crippen LogP contribution is -2.32. The zero-order valence-electron chi connectivity index (χ0n) is 9.54. The van der Waals surface area contributed by atoms with E-state index in [0.717, 1.165) is 0 Å². The highest BCUT2D eigenvalue weighted by atomic mass is 19.3. The van der Waals surface area contributed by atoms with Gasteiger partial charge in [0.2, 0.25) is 0 Å². The van der Waals surface area contributed by atoms with Crippen molar-refractivity contribution in [2.45, 2.75) is 32.5 Å². The van der Waals surface area contributed by atoms with Gasteiger partial charge in [0, 0.05) is 5.69 Å². The number of aliphatic hydroxyl groups excluding tert-OH is 1. The highest BCUT2D eigenvalue weighted by Crippen LogP contribution is 2.23. The number of aliphatic hydroxyl groups is 1. The summed E-state index contributed by atoms with van der Waals surface area (Å²) in [6, 6.07) is 1.51. The first kappa shape index (κ1) is 14.8. The van der Waals surface area contributed by atoms with Crippen molar-refractivity contribution in [2.75, 3.05) is 6.61 Å². The monoisotopic (exact) mass is 268 g/mol. The Kier molecular flexibility index (Phi) is 4.97. The highest BCUT2D eigenvalue weighted by Gasteiger charge is 2.40. The summed E-state index contributed by atoms with van der Waals surface area (Å²) in [5.41, 5.74) is 0.829. The summed E-state index contributed by atoms with van der Waals surface area (Å²) in [7, 11) is 0. The van der Waals surface area contributed by atoms with E-state index in [-0.39, 0.29) is 12.4 Å². The summed E-state index contributed by atoms with van der Waals surface area (Å²) in [6.07, 6.45) is -3.77. The van der Waals surface area contributed by atoms with Crippen molar-refractivity contribution in [2.24, 2.45) is 0 Å². The number of ether oxygens (including phenoxy) is 1. The summed E-state index contributed by atoms with van der Waals surface area (Å²) in [5, 5.41) is 8.86. The van der Waals surface area contributed by atoms with Crippen LogP contribution in [0.3, 0.4) is 0 Å². The number of halogens is 4. The van der Waals surface area contributed by atoms with Gasteiger partial charge in [-0.05, 0) is 13.0 Å². The molecule has 102 valence electrons.